The van der Waals surface area contributed by atoms with Gasteiger partial charge in [-0.1, -0.05) is 19.3 Å². The summed E-state index contributed by atoms with van der Waals surface area (Å²) in [5, 5.41) is 0. The van der Waals surface area contributed by atoms with Gasteiger partial charge in [0.15, 0.2) is 9.84 Å². The molecule has 1 aliphatic carbocycles. The monoisotopic (exact) mass is 260 g/mol. The number of nitrogens with two attached hydrogens (primary N) is 1. The third-order valence-electron chi connectivity index (χ3n) is 4.25. The first-order chi connectivity index (χ1) is 7.90. The SMILES string of the molecule is CN(CC1(N)CCCCC1)C1CCS(=O)(=O)C1. The van der Waals surface area contributed by atoms with Gasteiger partial charge in [-0.15, -0.1) is 0 Å². The van der Waals surface area contributed by atoms with E-state index in [1.165, 1.54) is 19.3 Å². The molecule has 0 amide bonds. The van der Waals surface area contributed by atoms with Crippen LogP contribution in [-0.4, -0.2) is 50.0 Å². The lowest BCUT2D eigenvalue weighted by Gasteiger charge is -2.38. The number of sulfone groups is 1. The van der Waals surface area contributed by atoms with Crippen molar-refractivity contribution in [3.63, 3.8) is 0 Å². The van der Waals surface area contributed by atoms with Crippen molar-refractivity contribution >= 4 is 9.84 Å². The van der Waals surface area contributed by atoms with Crippen molar-refractivity contribution in [1.82, 2.24) is 4.90 Å². The minimum atomic E-state index is -2.78. The summed E-state index contributed by atoms with van der Waals surface area (Å²) in [6.07, 6.45) is 6.66. The van der Waals surface area contributed by atoms with E-state index >= 15 is 0 Å². The summed E-state index contributed by atoms with van der Waals surface area (Å²) in [6.45, 7) is 0.840. The fraction of sp³-hybridized carbons (Fsp3) is 1.00. The second-order valence-electron chi connectivity index (χ2n) is 5.90. The fourth-order valence-electron chi connectivity index (χ4n) is 3.16. The Bertz CT molecular complexity index is 361. The van der Waals surface area contributed by atoms with E-state index < -0.39 is 9.84 Å². The highest BCUT2D eigenvalue weighted by atomic mass is 32.2. The quantitative estimate of drug-likeness (QED) is 0.814. The molecular formula is C12H24N2O2S. The van der Waals surface area contributed by atoms with Crippen molar-refractivity contribution in [2.75, 3.05) is 25.1 Å². The summed E-state index contributed by atoms with van der Waals surface area (Å²) in [5.41, 5.74) is 6.32. The van der Waals surface area contributed by atoms with Gasteiger partial charge in [0.05, 0.1) is 11.5 Å². The Hall–Kier alpha value is -0.130. The van der Waals surface area contributed by atoms with Gasteiger partial charge in [-0.2, -0.15) is 0 Å². The minimum Gasteiger partial charge on any atom is -0.324 e. The number of rotatable bonds is 3. The molecule has 1 saturated carbocycles. The van der Waals surface area contributed by atoms with Gasteiger partial charge < -0.3 is 10.6 Å². The lowest BCUT2D eigenvalue weighted by molar-refractivity contribution is 0.166. The van der Waals surface area contributed by atoms with Crippen LogP contribution in [0.5, 0.6) is 0 Å². The van der Waals surface area contributed by atoms with Gasteiger partial charge >= 0.3 is 0 Å². The van der Waals surface area contributed by atoms with E-state index in [2.05, 4.69) is 4.90 Å². The highest BCUT2D eigenvalue weighted by molar-refractivity contribution is 7.91. The topological polar surface area (TPSA) is 63.4 Å². The van der Waals surface area contributed by atoms with E-state index in [1.807, 2.05) is 7.05 Å². The maximum absolute atomic E-state index is 11.5. The molecule has 0 aromatic heterocycles. The number of likely N-dealkylation sites (N-methyl/N-ethyl adjacent to an activating group) is 1. The Balaban J connectivity index is 1.90. The maximum atomic E-state index is 11.5. The van der Waals surface area contributed by atoms with E-state index in [0.717, 1.165) is 25.8 Å². The predicted molar refractivity (Wildman–Crippen MR) is 69.7 cm³/mol. The molecule has 1 atom stereocenters. The molecule has 1 heterocycles. The van der Waals surface area contributed by atoms with Gasteiger partial charge in [0, 0.05) is 18.1 Å². The van der Waals surface area contributed by atoms with E-state index in [-0.39, 0.29) is 11.6 Å². The first-order valence-corrected chi connectivity index (χ1v) is 8.42. The second-order valence-corrected chi connectivity index (χ2v) is 8.12. The second kappa shape index (κ2) is 4.86. The Morgan fingerprint density at radius 2 is 1.94 bits per heavy atom. The minimum absolute atomic E-state index is 0.0840. The molecule has 0 aromatic carbocycles. The van der Waals surface area contributed by atoms with Gasteiger partial charge in [-0.3, -0.25) is 0 Å². The summed E-state index contributed by atoms with van der Waals surface area (Å²) < 4.78 is 22.9. The van der Waals surface area contributed by atoms with Crippen molar-refractivity contribution in [3.05, 3.63) is 0 Å². The Kier molecular flexibility index (Phi) is 3.80. The van der Waals surface area contributed by atoms with Crippen LogP contribution in [0.25, 0.3) is 0 Å². The molecule has 2 aliphatic rings. The molecule has 100 valence electrons. The largest absolute Gasteiger partial charge is 0.324 e. The molecule has 2 N–H and O–H groups in total. The van der Waals surface area contributed by atoms with Gasteiger partial charge in [0.2, 0.25) is 0 Å². The van der Waals surface area contributed by atoms with Crippen LogP contribution in [0, 0.1) is 0 Å². The summed E-state index contributed by atoms with van der Waals surface area (Å²) in [6, 6.07) is 0.183. The van der Waals surface area contributed by atoms with Crippen LogP contribution in [0.15, 0.2) is 0 Å². The average molecular weight is 260 g/mol. The third kappa shape index (κ3) is 3.42. The molecule has 1 unspecified atom stereocenters. The molecule has 5 heteroatoms. The van der Waals surface area contributed by atoms with Crippen molar-refractivity contribution in [2.24, 2.45) is 5.73 Å². The standard InChI is InChI=1S/C12H24N2O2S/c1-14(11-5-8-17(15,16)9-11)10-12(13)6-3-2-4-7-12/h11H,2-10,13H2,1H3. The summed E-state index contributed by atoms with van der Waals surface area (Å²) in [7, 11) is -0.761. The molecule has 0 bridgehead atoms. The molecular weight excluding hydrogens is 236 g/mol. The van der Waals surface area contributed by atoms with Crippen molar-refractivity contribution in [1.29, 1.82) is 0 Å². The summed E-state index contributed by atoms with van der Waals surface area (Å²) in [5.74, 6) is 0.666. The van der Waals surface area contributed by atoms with Crippen molar-refractivity contribution < 1.29 is 8.42 Å². The molecule has 17 heavy (non-hydrogen) atoms. The third-order valence-corrected chi connectivity index (χ3v) is 6.00. The highest BCUT2D eigenvalue weighted by Crippen LogP contribution is 2.28. The first kappa shape index (κ1) is 13.3. The van der Waals surface area contributed by atoms with Gasteiger partial charge in [-0.05, 0) is 26.3 Å². The van der Waals surface area contributed by atoms with Crippen LogP contribution in [0.3, 0.4) is 0 Å². The average Bonchev–Trinajstić information content (AvgIpc) is 2.59. The summed E-state index contributed by atoms with van der Waals surface area (Å²) in [4.78, 5) is 2.18. The Morgan fingerprint density at radius 3 is 2.47 bits per heavy atom. The molecule has 1 aliphatic heterocycles. The van der Waals surface area contributed by atoms with Crippen LogP contribution < -0.4 is 5.73 Å². The van der Waals surface area contributed by atoms with Crippen LogP contribution >= 0.6 is 0 Å². The molecule has 4 nitrogen and oxygen atoms in total. The van der Waals surface area contributed by atoms with E-state index in [0.29, 0.717) is 11.5 Å². The lowest BCUT2D eigenvalue weighted by atomic mass is 9.82. The van der Waals surface area contributed by atoms with Crippen LogP contribution in [-0.2, 0) is 9.84 Å². The van der Waals surface area contributed by atoms with Gasteiger partial charge in [0.1, 0.15) is 0 Å². The van der Waals surface area contributed by atoms with E-state index in [1.54, 1.807) is 0 Å². The predicted octanol–water partition coefficient (Wildman–Crippen LogP) is 0.767. The number of nitrogens with zero attached hydrogens (tertiary/aromatic N) is 1. The first-order valence-electron chi connectivity index (χ1n) is 6.60. The molecule has 0 aromatic rings. The number of hydrogen-bond acceptors (Lipinski definition) is 4. The van der Waals surface area contributed by atoms with Crippen molar-refractivity contribution in [3.8, 4) is 0 Å². The molecule has 2 rings (SSSR count). The Labute approximate surface area is 104 Å². The van der Waals surface area contributed by atoms with Crippen LogP contribution in [0.2, 0.25) is 0 Å². The Morgan fingerprint density at radius 1 is 1.29 bits per heavy atom. The van der Waals surface area contributed by atoms with E-state index in [4.69, 9.17) is 5.73 Å². The van der Waals surface area contributed by atoms with Crippen LogP contribution in [0.4, 0.5) is 0 Å². The maximum Gasteiger partial charge on any atom is 0.151 e. The lowest BCUT2D eigenvalue weighted by Crippen LogP contribution is -2.52. The zero-order chi connectivity index (χ0) is 12.5. The zero-order valence-corrected chi connectivity index (χ0v) is 11.5. The molecule has 0 radical (unpaired) electrons. The summed E-state index contributed by atoms with van der Waals surface area (Å²) >= 11 is 0. The highest BCUT2D eigenvalue weighted by Gasteiger charge is 2.35. The van der Waals surface area contributed by atoms with Crippen LogP contribution in [0.1, 0.15) is 38.5 Å². The van der Waals surface area contributed by atoms with Gasteiger partial charge in [-0.25, -0.2) is 8.42 Å². The van der Waals surface area contributed by atoms with Gasteiger partial charge in [0.25, 0.3) is 0 Å². The number of hydrogen-bond donors (Lipinski definition) is 1. The fourth-order valence-corrected chi connectivity index (χ4v) is 4.97. The van der Waals surface area contributed by atoms with Crippen molar-refractivity contribution in [2.45, 2.75) is 50.1 Å². The molecule has 0 spiro atoms. The normalized spacial score (nSPS) is 31.8. The smallest absolute Gasteiger partial charge is 0.151 e. The zero-order valence-electron chi connectivity index (χ0n) is 10.7. The molecule has 2 fully saturated rings. The molecule has 1 saturated heterocycles. The van der Waals surface area contributed by atoms with E-state index in [9.17, 15) is 8.42 Å².